The summed E-state index contributed by atoms with van der Waals surface area (Å²) < 4.78 is 11.4. The molecule has 140 valence electrons. The fraction of sp³-hybridized carbons (Fsp3) is 0.316. The minimum Gasteiger partial charge on any atom is -0.493 e. The molecule has 0 saturated heterocycles. The van der Waals surface area contributed by atoms with Gasteiger partial charge in [-0.05, 0) is 36.2 Å². The number of halogens is 1. The summed E-state index contributed by atoms with van der Waals surface area (Å²) in [7, 11) is 3.15. The first-order chi connectivity index (χ1) is 12.4. The van der Waals surface area contributed by atoms with E-state index in [-0.39, 0.29) is 12.5 Å². The van der Waals surface area contributed by atoms with E-state index >= 15 is 0 Å². The van der Waals surface area contributed by atoms with Gasteiger partial charge in [0.1, 0.15) is 5.60 Å². The van der Waals surface area contributed by atoms with Crippen LogP contribution in [-0.4, -0.2) is 31.8 Å². The predicted molar refractivity (Wildman–Crippen MR) is 108 cm³/mol. The molecule has 0 aliphatic heterocycles. The number of rotatable bonds is 7. The molecule has 0 saturated carbocycles. The summed E-state index contributed by atoms with van der Waals surface area (Å²) in [5.74, 6) is 1.43. The van der Waals surface area contributed by atoms with Crippen molar-refractivity contribution in [1.82, 2.24) is 0 Å². The molecule has 2 aromatic rings. The van der Waals surface area contributed by atoms with Gasteiger partial charge in [-0.1, -0.05) is 35.0 Å². The SMILES string of the molecule is CCC(O)(CN=C(N)Nc1ccc(OC)c(OC)c1)c1ccc(Br)cc1. The zero-order valence-electron chi connectivity index (χ0n) is 15.1. The molecule has 0 radical (unpaired) electrons. The quantitative estimate of drug-likeness (QED) is 0.470. The van der Waals surface area contributed by atoms with Crippen molar-refractivity contribution in [3.05, 3.63) is 52.5 Å². The van der Waals surface area contributed by atoms with E-state index in [4.69, 9.17) is 15.2 Å². The molecule has 0 aliphatic carbocycles. The van der Waals surface area contributed by atoms with Gasteiger partial charge in [-0.2, -0.15) is 0 Å². The first-order valence-corrected chi connectivity index (χ1v) is 8.98. The van der Waals surface area contributed by atoms with Crippen molar-refractivity contribution in [3.8, 4) is 11.5 Å². The van der Waals surface area contributed by atoms with E-state index in [1.807, 2.05) is 37.3 Å². The van der Waals surface area contributed by atoms with Crippen LogP contribution in [0.2, 0.25) is 0 Å². The van der Waals surface area contributed by atoms with Crippen LogP contribution in [-0.2, 0) is 5.60 Å². The number of nitrogens with two attached hydrogens (primary N) is 1. The van der Waals surface area contributed by atoms with E-state index in [0.717, 1.165) is 10.0 Å². The van der Waals surface area contributed by atoms with Crippen molar-refractivity contribution >= 4 is 27.6 Å². The van der Waals surface area contributed by atoms with Gasteiger partial charge in [0.15, 0.2) is 17.5 Å². The summed E-state index contributed by atoms with van der Waals surface area (Å²) in [5, 5.41) is 13.9. The lowest BCUT2D eigenvalue weighted by molar-refractivity contribution is 0.0424. The van der Waals surface area contributed by atoms with Gasteiger partial charge >= 0.3 is 0 Å². The molecule has 0 spiro atoms. The lowest BCUT2D eigenvalue weighted by atomic mass is 9.91. The lowest BCUT2D eigenvalue weighted by Crippen LogP contribution is -2.31. The Hall–Kier alpha value is -2.25. The minimum absolute atomic E-state index is 0.150. The number of guanidine groups is 1. The van der Waals surface area contributed by atoms with E-state index in [1.54, 1.807) is 26.4 Å². The molecule has 4 N–H and O–H groups in total. The highest BCUT2D eigenvalue weighted by Gasteiger charge is 2.26. The van der Waals surface area contributed by atoms with Crippen molar-refractivity contribution in [1.29, 1.82) is 0 Å². The van der Waals surface area contributed by atoms with E-state index in [1.165, 1.54) is 0 Å². The van der Waals surface area contributed by atoms with Crippen LogP contribution in [0.4, 0.5) is 5.69 Å². The third kappa shape index (κ3) is 4.89. The van der Waals surface area contributed by atoms with Gasteiger partial charge < -0.3 is 25.6 Å². The number of aliphatic hydroxyl groups is 1. The van der Waals surface area contributed by atoms with Gasteiger partial charge in [0.25, 0.3) is 0 Å². The van der Waals surface area contributed by atoms with E-state index in [2.05, 4.69) is 26.2 Å². The third-order valence-electron chi connectivity index (χ3n) is 4.13. The lowest BCUT2D eigenvalue weighted by Gasteiger charge is -2.25. The fourth-order valence-corrected chi connectivity index (χ4v) is 2.75. The van der Waals surface area contributed by atoms with Crippen molar-refractivity contribution < 1.29 is 14.6 Å². The zero-order chi connectivity index (χ0) is 19.2. The van der Waals surface area contributed by atoms with Crippen LogP contribution < -0.4 is 20.5 Å². The molecule has 0 amide bonds. The van der Waals surface area contributed by atoms with Crippen LogP contribution in [0, 0.1) is 0 Å². The van der Waals surface area contributed by atoms with Crippen molar-refractivity contribution in [3.63, 3.8) is 0 Å². The number of ether oxygens (including phenoxy) is 2. The molecule has 6 nitrogen and oxygen atoms in total. The molecule has 0 fully saturated rings. The van der Waals surface area contributed by atoms with Gasteiger partial charge in [0.2, 0.25) is 0 Å². The standard InChI is InChI=1S/C19H24BrN3O3/c1-4-19(24,13-5-7-14(20)8-6-13)12-22-18(21)23-15-9-10-16(25-2)17(11-15)26-3/h5-11,24H,4,12H2,1-3H3,(H3,21,22,23). The third-order valence-corrected chi connectivity index (χ3v) is 4.66. The van der Waals surface area contributed by atoms with Crippen LogP contribution in [0.5, 0.6) is 11.5 Å². The highest BCUT2D eigenvalue weighted by atomic mass is 79.9. The van der Waals surface area contributed by atoms with Gasteiger partial charge in [-0.15, -0.1) is 0 Å². The Morgan fingerprint density at radius 3 is 2.38 bits per heavy atom. The van der Waals surface area contributed by atoms with Gasteiger partial charge in [0, 0.05) is 16.2 Å². The second kappa shape index (κ2) is 8.91. The van der Waals surface area contributed by atoms with Gasteiger partial charge in [-0.3, -0.25) is 0 Å². The summed E-state index contributed by atoms with van der Waals surface area (Å²) in [4.78, 5) is 4.31. The van der Waals surface area contributed by atoms with Crippen molar-refractivity contribution in [2.24, 2.45) is 10.7 Å². The van der Waals surface area contributed by atoms with Crippen molar-refractivity contribution in [2.45, 2.75) is 18.9 Å². The molecule has 1 atom stereocenters. The Morgan fingerprint density at radius 1 is 1.15 bits per heavy atom. The van der Waals surface area contributed by atoms with Crippen LogP contribution >= 0.6 is 15.9 Å². The first-order valence-electron chi connectivity index (χ1n) is 8.19. The number of hydrogen-bond acceptors (Lipinski definition) is 4. The maximum Gasteiger partial charge on any atom is 0.193 e. The van der Waals surface area contributed by atoms with Crippen LogP contribution in [0.3, 0.4) is 0 Å². The number of methoxy groups -OCH3 is 2. The molecule has 0 aliphatic rings. The van der Waals surface area contributed by atoms with Crippen LogP contribution in [0.15, 0.2) is 51.9 Å². The normalized spacial score (nSPS) is 13.8. The van der Waals surface area contributed by atoms with Crippen molar-refractivity contribution in [2.75, 3.05) is 26.1 Å². The molecule has 1 unspecified atom stereocenters. The minimum atomic E-state index is -1.08. The molecular weight excluding hydrogens is 398 g/mol. The largest absolute Gasteiger partial charge is 0.493 e. The van der Waals surface area contributed by atoms with Crippen LogP contribution in [0.1, 0.15) is 18.9 Å². The fourth-order valence-electron chi connectivity index (χ4n) is 2.48. The molecular formula is C19H24BrN3O3. The first kappa shape index (κ1) is 20.1. The topological polar surface area (TPSA) is 89.1 Å². The highest BCUT2D eigenvalue weighted by molar-refractivity contribution is 9.10. The zero-order valence-corrected chi connectivity index (χ0v) is 16.7. The molecule has 2 rings (SSSR count). The summed E-state index contributed by atoms with van der Waals surface area (Å²) in [5.41, 5.74) is 6.41. The summed E-state index contributed by atoms with van der Waals surface area (Å²) >= 11 is 3.40. The highest BCUT2D eigenvalue weighted by Crippen LogP contribution is 2.30. The molecule has 26 heavy (non-hydrogen) atoms. The monoisotopic (exact) mass is 421 g/mol. The second-order valence-electron chi connectivity index (χ2n) is 5.79. The Balaban J connectivity index is 2.12. The number of hydrogen-bond donors (Lipinski definition) is 3. The molecule has 0 aromatic heterocycles. The maximum absolute atomic E-state index is 10.9. The number of anilines is 1. The predicted octanol–water partition coefficient (Wildman–Crippen LogP) is 3.49. The smallest absolute Gasteiger partial charge is 0.193 e. The Labute approximate surface area is 162 Å². The average Bonchev–Trinajstić information content (AvgIpc) is 2.66. The average molecular weight is 422 g/mol. The molecule has 0 bridgehead atoms. The maximum atomic E-state index is 10.9. The van der Waals surface area contributed by atoms with E-state index in [9.17, 15) is 5.11 Å². The summed E-state index contributed by atoms with van der Waals surface area (Å²) in [6, 6.07) is 12.9. The number of nitrogens with zero attached hydrogens (tertiary/aromatic N) is 1. The van der Waals surface area contributed by atoms with E-state index < -0.39 is 5.60 Å². The molecule has 7 heteroatoms. The number of nitrogens with one attached hydrogen (secondary N) is 1. The van der Waals surface area contributed by atoms with Crippen LogP contribution in [0.25, 0.3) is 0 Å². The molecule has 2 aromatic carbocycles. The number of aliphatic imine (C=N–C) groups is 1. The van der Waals surface area contributed by atoms with Gasteiger partial charge in [0.05, 0.1) is 20.8 Å². The Morgan fingerprint density at radius 2 is 1.81 bits per heavy atom. The number of benzene rings is 2. The molecule has 0 heterocycles. The van der Waals surface area contributed by atoms with Gasteiger partial charge in [-0.25, -0.2) is 4.99 Å². The Kier molecular flexibility index (Phi) is 6.88. The summed E-state index contributed by atoms with van der Waals surface area (Å²) in [6.45, 7) is 2.06. The Bertz CT molecular complexity index is 765. The second-order valence-corrected chi connectivity index (χ2v) is 6.70. The summed E-state index contributed by atoms with van der Waals surface area (Å²) in [6.07, 6.45) is 0.516. The van der Waals surface area contributed by atoms with E-state index in [0.29, 0.717) is 23.6 Å².